The Kier molecular flexibility index (Phi) is 4.10. The summed E-state index contributed by atoms with van der Waals surface area (Å²) in [6, 6.07) is 4.13. The Morgan fingerprint density at radius 2 is 2.00 bits per heavy atom. The summed E-state index contributed by atoms with van der Waals surface area (Å²) >= 11 is 0. The number of aromatic nitrogens is 3. The lowest BCUT2D eigenvalue weighted by Crippen LogP contribution is -2.35. The zero-order valence-corrected chi connectivity index (χ0v) is 13.8. The van der Waals surface area contributed by atoms with Gasteiger partial charge in [-0.1, -0.05) is 12.1 Å². The highest BCUT2D eigenvalue weighted by Gasteiger charge is 2.28. The standard InChI is InChI=1S/C12H9N5O6S2/c18-12(14-10-4-6-13-17-15-10)16-25(21,22)9-3-1-2-8-5-7-24(19,20)23-11(8)9/h1-7H,(H2,13,14,15,16,18). The van der Waals surface area contributed by atoms with Crippen molar-refractivity contribution in [2.75, 3.05) is 5.32 Å². The molecule has 0 radical (unpaired) electrons. The van der Waals surface area contributed by atoms with Crippen molar-refractivity contribution >= 4 is 38.1 Å². The fraction of sp³-hybridized carbons (Fsp3) is 0. The molecule has 0 atom stereocenters. The number of nitrogens with zero attached hydrogens (tertiary/aromatic N) is 3. The number of carbonyl (C=O) groups excluding carboxylic acids is 1. The summed E-state index contributed by atoms with van der Waals surface area (Å²) in [5.74, 6) is -0.423. The van der Waals surface area contributed by atoms with Crippen LogP contribution in [-0.4, -0.2) is 38.3 Å². The number of carbonyl (C=O) groups is 1. The average molecular weight is 383 g/mol. The smallest absolute Gasteiger partial charge is 0.334 e. The third kappa shape index (κ3) is 3.72. The van der Waals surface area contributed by atoms with E-state index in [0.717, 1.165) is 11.5 Å². The summed E-state index contributed by atoms with van der Waals surface area (Å²) in [6.45, 7) is 0. The molecule has 2 N–H and O–H groups in total. The second-order valence-corrected chi connectivity index (χ2v) is 7.69. The topological polar surface area (TPSA) is 157 Å². The second-order valence-electron chi connectivity index (χ2n) is 4.62. The molecule has 1 aromatic heterocycles. The Balaban J connectivity index is 1.89. The number of benzene rings is 1. The Morgan fingerprint density at radius 3 is 2.72 bits per heavy atom. The van der Waals surface area contributed by atoms with Crippen LogP contribution in [0.1, 0.15) is 5.56 Å². The van der Waals surface area contributed by atoms with Crippen LogP contribution in [0.25, 0.3) is 6.08 Å². The van der Waals surface area contributed by atoms with Gasteiger partial charge in [-0.05, 0) is 17.4 Å². The average Bonchev–Trinajstić information content (AvgIpc) is 2.53. The van der Waals surface area contributed by atoms with Crippen LogP contribution in [0.3, 0.4) is 0 Å². The fourth-order valence-corrected chi connectivity index (χ4v) is 3.80. The van der Waals surface area contributed by atoms with Crippen LogP contribution in [0.2, 0.25) is 0 Å². The van der Waals surface area contributed by atoms with E-state index in [2.05, 4.69) is 20.7 Å². The number of hydrogen-bond acceptors (Lipinski definition) is 9. The molecule has 0 bridgehead atoms. The fourth-order valence-electron chi connectivity index (χ4n) is 1.89. The van der Waals surface area contributed by atoms with Crippen molar-refractivity contribution in [3.05, 3.63) is 41.4 Å². The highest BCUT2D eigenvalue weighted by atomic mass is 32.2. The number of anilines is 1. The number of para-hydroxylation sites is 1. The van der Waals surface area contributed by atoms with Crippen LogP contribution in [-0.2, 0) is 20.1 Å². The number of rotatable bonds is 3. The van der Waals surface area contributed by atoms with Gasteiger partial charge in [0.1, 0.15) is 4.90 Å². The van der Waals surface area contributed by atoms with Gasteiger partial charge in [0.2, 0.25) is 0 Å². The van der Waals surface area contributed by atoms with E-state index in [1.54, 1.807) is 4.72 Å². The van der Waals surface area contributed by atoms with Crippen LogP contribution in [0, 0.1) is 0 Å². The van der Waals surface area contributed by atoms with Gasteiger partial charge in [-0.15, -0.1) is 10.2 Å². The summed E-state index contributed by atoms with van der Waals surface area (Å²) in [5, 5.41) is 13.1. The minimum atomic E-state index is -4.42. The summed E-state index contributed by atoms with van der Waals surface area (Å²) in [7, 11) is -8.47. The van der Waals surface area contributed by atoms with Crippen molar-refractivity contribution in [3.8, 4) is 5.75 Å². The Bertz CT molecular complexity index is 1070. The third-order valence-corrected chi connectivity index (χ3v) is 5.11. The van der Waals surface area contributed by atoms with Crippen LogP contribution in [0.4, 0.5) is 10.6 Å². The molecule has 0 saturated carbocycles. The minimum absolute atomic E-state index is 0.0282. The molecule has 0 saturated heterocycles. The van der Waals surface area contributed by atoms with Crippen LogP contribution in [0.15, 0.2) is 40.8 Å². The molecule has 11 nitrogen and oxygen atoms in total. The minimum Gasteiger partial charge on any atom is -0.377 e. The number of nitrogens with one attached hydrogen (secondary N) is 2. The lowest BCUT2D eigenvalue weighted by Gasteiger charge is -2.16. The van der Waals surface area contributed by atoms with Gasteiger partial charge in [-0.3, -0.25) is 5.32 Å². The van der Waals surface area contributed by atoms with Gasteiger partial charge < -0.3 is 4.18 Å². The van der Waals surface area contributed by atoms with Crippen molar-refractivity contribution in [1.82, 2.24) is 20.1 Å². The monoisotopic (exact) mass is 383 g/mol. The maximum atomic E-state index is 12.4. The van der Waals surface area contributed by atoms with E-state index in [9.17, 15) is 21.6 Å². The SMILES string of the molecule is O=C(Nc1ccnnn1)NS(=O)(=O)c1cccc2c1OS(=O)(=O)C=C2. The number of urea groups is 1. The van der Waals surface area contributed by atoms with Gasteiger partial charge >= 0.3 is 16.1 Å². The first kappa shape index (κ1) is 16.8. The molecule has 3 rings (SSSR count). The predicted octanol–water partition coefficient (Wildman–Crippen LogP) is 0.0749. The van der Waals surface area contributed by atoms with Gasteiger partial charge in [0.05, 0.1) is 11.6 Å². The van der Waals surface area contributed by atoms with Gasteiger partial charge in [-0.2, -0.15) is 8.42 Å². The molecular weight excluding hydrogens is 374 g/mol. The lowest BCUT2D eigenvalue weighted by atomic mass is 10.2. The number of sulfonamides is 1. The second kappa shape index (κ2) is 6.10. The van der Waals surface area contributed by atoms with E-state index >= 15 is 0 Å². The van der Waals surface area contributed by atoms with Crippen molar-refractivity contribution < 1.29 is 25.8 Å². The van der Waals surface area contributed by atoms with Gasteiger partial charge in [-0.25, -0.2) is 17.9 Å². The van der Waals surface area contributed by atoms with E-state index in [1.807, 2.05) is 0 Å². The number of hydrogen-bond donors (Lipinski definition) is 2. The highest BCUT2D eigenvalue weighted by molar-refractivity contribution is 7.91. The molecule has 2 heterocycles. The van der Waals surface area contributed by atoms with Gasteiger partial charge in [0.15, 0.2) is 11.6 Å². The van der Waals surface area contributed by atoms with Crippen LogP contribution in [0.5, 0.6) is 5.75 Å². The first-order valence-electron chi connectivity index (χ1n) is 6.51. The van der Waals surface area contributed by atoms with Crippen molar-refractivity contribution in [2.24, 2.45) is 0 Å². The molecule has 1 aliphatic rings. The number of amides is 2. The highest BCUT2D eigenvalue weighted by Crippen LogP contribution is 2.33. The first-order chi connectivity index (χ1) is 11.8. The maximum absolute atomic E-state index is 12.4. The van der Waals surface area contributed by atoms with Crippen molar-refractivity contribution in [1.29, 1.82) is 0 Å². The molecule has 2 aromatic rings. The molecule has 1 aromatic carbocycles. The van der Waals surface area contributed by atoms with E-state index in [-0.39, 0.29) is 11.4 Å². The third-order valence-electron chi connectivity index (χ3n) is 2.88. The quantitative estimate of drug-likeness (QED) is 0.700. The molecule has 130 valence electrons. The molecule has 13 heteroatoms. The number of fused-ring (bicyclic) bond motifs is 1. The molecule has 0 fully saturated rings. The maximum Gasteiger partial charge on any atom is 0.334 e. The Hall–Kier alpha value is -3.06. The van der Waals surface area contributed by atoms with Gasteiger partial charge in [0, 0.05) is 11.6 Å². The summed E-state index contributed by atoms with van der Waals surface area (Å²) in [5.41, 5.74) is 0.234. The molecule has 25 heavy (non-hydrogen) atoms. The molecule has 1 aliphatic heterocycles. The molecule has 0 unspecified atom stereocenters. The van der Waals surface area contributed by atoms with Crippen LogP contribution >= 0.6 is 0 Å². The predicted molar refractivity (Wildman–Crippen MR) is 84.2 cm³/mol. The van der Waals surface area contributed by atoms with Crippen molar-refractivity contribution in [3.63, 3.8) is 0 Å². The van der Waals surface area contributed by atoms with E-state index in [1.165, 1.54) is 30.5 Å². The Labute approximate surface area is 141 Å². The first-order valence-corrected chi connectivity index (χ1v) is 9.46. The zero-order chi connectivity index (χ0) is 18.1. The van der Waals surface area contributed by atoms with Crippen molar-refractivity contribution in [2.45, 2.75) is 4.90 Å². The largest absolute Gasteiger partial charge is 0.377 e. The molecule has 2 amide bonds. The normalized spacial score (nSPS) is 14.9. The van der Waals surface area contributed by atoms with Crippen LogP contribution < -0.4 is 14.2 Å². The lowest BCUT2D eigenvalue weighted by molar-refractivity contribution is 0.256. The van der Waals surface area contributed by atoms with E-state index in [4.69, 9.17) is 4.18 Å². The summed E-state index contributed by atoms with van der Waals surface area (Å²) in [4.78, 5) is 11.3. The molecule has 0 spiro atoms. The van der Waals surface area contributed by atoms with Gasteiger partial charge in [0.25, 0.3) is 10.0 Å². The molecular formula is C12H9N5O6S2. The molecule has 0 aliphatic carbocycles. The summed E-state index contributed by atoms with van der Waals surface area (Å²) in [6.07, 6.45) is 2.44. The van der Waals surface area contributed by atoms with E-state index < -0.39 is 36.8 Å². The van der Waals surface area contributed by atoms with E-state index in [0.29, 0.717) is 0 Å². The zero-order valence-electron chi connectivity index (χ0n) is 12.1. The summed E-state index contributed by atoms with van der Waals surface area (Å²) < 4.78 is 54.3. The Morgan fingerprint density at radius 1 is 1.20 bits per heavy atom.